The number of nitriles is 1. The van der Waals surface area contributed by atoms with Gasteiger partial charge >= 0.3 is 0 Å². The van der Waals surface area contributed by atoms with Gasteiger partial charge in [0.05, 0.1) is 25.2 Å². The average molecular weight is 282 g/mol. The van der Waals surface area contributed by atoms with E-state index < -0.39 is 0 Å². The van der Waals surface area contributed by atoms with E-state index in [-0.39, 0.29) is 5.41 Å². The highest BCUT2D eigenvalue weighted by Crippen LogP contribution is 2.29. The van der Waals surface area contributed by atoms with E-state index >= 15 is 0 Å². The molecule has 0 aromatic heterocycles. The fourth-order valence-electron chi connectivity index (χ4n) is 1.67. The second-order valence-corrected chi connectivity index (χ2v) is 5.33. The molecule has 4 heteroatoms. The van der Waals surface area contributed by atoms with Crippen molar-refractivity contribution in [3.8, 4) is 17.6 Å². The molecule has 104 valence electrons. The first kappa shape index (κ1) is 15.7. The van der Waals surface area contributed by atoms with E-state index in [9.17, 15) is 0 Å². The zero-order chi connectivity index (χ0) is 14.3. The van der Waals surface area contributed by atoms with Crippen LogP contribution in [0, 0.1) is 16.7 Å². The van der Waals surface area contributed by atoms with E-state index in [1.165, 1.54) is 0 Å². The summed E-state index contributed by atoms with van der Waals surface area (Å²) in [4.78, 5) is 0. The number of alkyl halides is 1. The molecule has 0 atom stereocenters. The highest BCUT2D eigenvalue weighted by atomic mass is 35.5. The summed E-state index contributed by atoms with van der Waals surface area (Å²) in [6, 6.07) is 7.95. The SMILES string of the molecule is COc1cc(CCl)ccc1OCCCC(C)(C)C#N. The van der Waals surface area contributed by atoms with Gasteiger partial charge < -0.3 is 9.47 Å². The van der Waals surface area contributed by atoms with Crippen molar-refractivity contribution in [2.24, 2.45) is 5.41 Å². The maximum atomic E-state index is 8.93. The normalized spacial score (nSPS) is 10.9. The van der Waals surface area contributed by atoms with E-state index in [0.29, 0.717) is 24.0 Å². The zero-order valence-electron chi connectivity index (χ0n) is 11.7. The molecule has 0 heterocycles. The quantitative estimate of drug-likeness (QED) is 0.557. The molecular formula is C15H20ClNO2. The van der Waals surface area contributed by atoms with Crippen LogP contribution in [0.25, 0.3) is 0 Å². The van der Waals surface area contributed by atoms with Gasteiger partial charge in [-0.05, 0) is 44.4 Å². The summed E-state index contributed by atoms with van der Waals surface area (Å²) in [5.41, 5.74) is 0.701. The Morgan fingerprint density at radius 3 is 2.63 bits per heavy atom. The predicted octanol–water partition coefficient (Wildman–Crippen LogP) is 4.14. The maximum Gasteiger partial charge on any atom is 0.161 e. The molecule has 0 radical (unpaired) electrons. The minimum absolute atomic E-state index is 0.296. The summed E-state index contributed by atoms with van der Waals surface area (Å²) < 4.78 is 11.0. The number of ether oxygens (including phenoxy) is 2. The van der Waals surface area contributed by atoms with Crippen molar-refractivity contribution >= 4 is 11.6 Å². The Morgan fingerprint density at radius 1 is 1.32 bits per heavy atom. The van der Waals surface area contributed by atoms with Crippen LogP contribution in [-0.2, 0) is 5.88 Å². The molecule has 0 amide bonds. The standard InChI is InChI=1S/C15H20ClNO2/c1-15(2,11-17)7-4-8-19-13-6-5-12(10-16)9-14(13)18-3/h5-6,9H,4,7-8,10H2,1-3H3. The van der Waals surface area contributed by atoms with Crippen molar-refractivity contribution in [1.29, 1.82) is 5.26 Å². The minimum atomic E-state index is -0.296. The Balaban J connectivity index is 2.52. The first-order valence-corrected chi connectivity index (χ1v) is 6.83. The molecule has 0 fully saturated rings. The lowest BCUT2D eigenvalue weighted by atomic mass is 9.90. The Morgan fingerprint density at radius 2 is 2.05 bits per heavy atom. The number of hydrogen-bond donors (Lipinski definition) is 0. The van der Waals surface area contributed by atoms with Gasteiger partial charge in [0.15, 0.2) is 11.5 Å². The molecular weight excluding hydrogens is 262 g/mol. The molecule has 1 rings (SSSR count). The van der Waals surface area contributed by atoms with Crippen LogP contribution in [0.3, 0.4) is 0 Å². The van der Waals surface area contributed by atoms with Crippen molar-refractivity contribution in [3.05, 3.63) is 23.8 Å². The fraction of sp³-hybridized carbons (Fsp3) is 0.533. The van der Waals surface area contributed by atoms with Gasteiger partial charge in [-0.1, -0.05) is 6.07 Å². The molecule has 0 spiro atoms. The highest BCUT2D eigenvalue weighted by molar-refractivity contribution is 6.17. The van der Waals surface area contributed by atoms with Gasteiger partial charge in [0.2, 0.25) is 0 Å². The first-order valence-electron chi connectivity index (χ1n) is 6.29. The molecule has 0 bridgehead atoms. The van der Waals surface area contributed by atoms with Crippen LogP contribution in [0.4, 0.5) is 0 Å². The summed E-state index contributed by atoms with van der Waals surface area (Å²) in [6.07, 6.45) is 1.65. The van der Waals surface area contributed by atoms with Crippen molar-refractivity contribution < 1.29 is 9.47 Å². The second-order valence-electron chi connectivity index (χ2n) is 5.07. The van der Waals surface area contributed by atoms with Crippen LogP contribution in [-0.4, -0.2) is 13.7 Å². The number of benzene rings is 1. The lowest BCUT2D eigenvalue weighted by molar-refractivity contribution is 0.269. The van der Waals surface area contributed by atoms with Gasteiger partial charge in [-0.15, -0.1) is 11.6 Å². The molecule has 0 aliphatic heterocycles. The maximum absolute atomic E-state index is 8.93. The topological polar surface area (TPSA) is 42.2 Å². The summed E-state index contributed by atoms with van der Waals surface area (Å²) in [5.74, 6) is 1.86. The lowest BCUT2D eigenvalue weighted by Gasteiger charge is -2.15. The summed E-state index contributed by atoms with van der Waals surface area (Å²) in [5, 5.41) is 8.93. The van der Waals surface area contributed by atoms with Crippen LogP contribution in [0.15, 0.2) is 18.2 Å². The van der Waals surface area contributed by atoms with E-state index in [1.807, 2.05) is 32.0 Å². The number of methoxy groups -OCH3 is 1. The van der Waals surface area contributed by atoms with Crippen molar-refractivity contribution in [2.75, 3.05) is 13.7 Å². The Hall–Kier alpha value is -1.40. The molecule has 0 aliphatic carbocycles. The van der Waals surface area contributed by atoms with E-state index in [4.69, 9.17) is 26.3 Å². The molecule has 0 aliphatic rings. The van der Waals surface area contributed by atoms with Gasteiger partial charge in [-0.2, -0.15) is 5.26 Å². The Bertz CT molecular complexity index is 452. The smallest absolute Gasteiger partial charge is 0.161 e. The average Bonchev–Trinajstić information content (AvgIpc) is 2.43. The van der Waals surface area contributed by atoms with Gasteiger partial charge in [0, 0.05) is 5.88 Å². The monoisotopic (exact) mass is 281 g/mol. The molecule has 3 nitrogen and oxygen atoms in total. The van der Waals surface area contributed by atoms with Crippen molar-refractivity contribution in [1.82, 2.24) is 0 Å². The van der Waals surface area contributed by atoms with Crippen LogP contribution in [0.2, 0.25) is 0 Å². The molecule has 0 saturated heterocycles. The van der Waals surface area contributed by atoms with Crippen LogP contribution < -0.4 is 9.47 Å². The van der Waals surface area contributed by atoms with E-state index in [0.717, 1.165) is 18.4 Å². The van der Waals surface area contributed by atoms with Crippen molar-refractivity contribution in [2.45, 2.75) is 32.6 Å². The number of nitrogens with zero attached hydrogens (tertiary/aromatic N) is 1. The largest absolute Gasteiger partial charge is 0.493 e. The molecule has 0 saturated carbocycles. The minimum Gasteiger partial charge on any atom is -0.493 e. The zero-order valence-corrected chi connectivity index (χ0v) is 12.5. The van der Waals surface area contributed by atoms with Crippen LogP contribution >= 0.6 is 11.6 Å². The highest BCUT2D eigenvalue weighted by Gasteiger charge is 2.16. The third-order valence-electron chi connectivity index (χ3n) is 2.89. The summed E-state index contributed by atoms with van der Waals surface area (Å²) in [7, 11) is 1.61. The van der Waals surface area contributed by atoms with E-state index in [1.54, 1.807) is 7.11 Å². The first-order chi connectivity index (χ1) is 9.02. The van der Waals surface area contributed by atoms with Gasteiger partial charge in [-0.3, -0.25) is 0 Å². The Labute approximate surface area is 120 Å². The third kappa shape index (κ3) is 5.00. The van der Waals surface area contributed by atoms with Gasteiger partial charge in [0.25, 0.3) is 0 Å². The molecule has 0 N–H and O–H groups in total. The summed E-state index contributed by atoms with van der Waals surface area (Å²) in [6.45, 7) is 4.44. The van der Waals surface area contributed by atoms with Crippen molar-refractivity contribution in [3.63, 3.8) is 0 Å². The third-order valence-corrected chi connectivity index (χ3v) is 3.20. The molecule has 1 aromatic rings. The second kappa shape index (κ2) is 7.25. The summed E-state index contributed by atoms with van der Waals surface area (Å²) >= 11 is 5.77. The van der Waals surface area contributed by atoms with E-state index in [2.05, 4.69) is 6.07 Å². The number of halogens is 1. The molecule has 19 heavy (non-hydrogen) atoms. The van der Waals surface area contributed by atoms with Gasteiger partial charge in [-0.25, -0.2) is 0 Å². The van der Waals surface area contributed by atoms with Crippen LogP contribution in [0.1, 0.15) is 32.3 Å². The molecule has 0 unspecified atom stereocenters. The number of rotatable bonds is 7. The fourth-order valence-corrected chi connectivity index (χ4v) is 1.83. The number of hydrogen-bond acceptors (Lipinski definition) is 3. The van der Waals surface area contributed by atoms with Gasteiger partial charge in [0.1, 0.15) is 0 Å². The predicted molar refractivity (Wildman–Crippen MR) is 76.7 cm³/mol. The molecule has 1 aromatic carbocycles. The van der Waals surface area contributed by atoms with Crippen LogP contribution in [0.5, 0.6) is 11.5 Å². The lowest BCUT2D eigenvalue weighted by Crippen LogP contribution is -2.10. The Kier molecular flexibility index (Phi) is 5.98.